The molecule has 0 amide bonds. The molecular formula is C17H18ClN3OS. The predicted molar refractivity (Wildman–Crippen MR) is 95.8 cm³/mol. The molecule has 1 aromatic heterocycles. The van der Waals surface area contributed by atoms with Crippen LogP contribution in [0.25, 0.3) is 0 Å². The molecule has 1 saturated heterocycles. The lowest BCUT2D eigenvalue weighted by Gasteiger charge is -2.34. The lowest BCUT2D eigenvalue weighted by atomic mass is 10.2. The lowest BCUT2D eigenvalue weighted by Crippen LogP contribution is -2.47. The highest BCUT2D eigenvalue weighted by molar-refractivity contribution is 7.14. The molecule has 1 fully saturated rings. The number of piperazine rings is 1. The van der Waals surface area contributed by atoms with Crippen LogP contribution in [-0.4, -0.2) is 48.9 Å². The van der Waals surface area contributed by atoms with Gasteiger partial charge >= 0.3 is 0 Å². The third-order valence-electron chi connectivity index (χ3n) is 4.21. The van der Waals surface area contributed by atoms with E-state index in [-0.39, 0.29) is 0 Å². The maximum atomic E-state index is 6.15. The molecule has 3 heterocycles. The number of ether oxygens (including phenoxy) is 1. The first-order valence-electron chi connectivity index (χ1n) is 7.70. The third kappa shape index (κ3) is 2.84. The van der Waals surface area contributed by atoms with Crippen LogP contribution in [0.5, 0.6) is 10.8 Å². The molecule has 6 heteroatoms. The number of aryl methyl sites for hydroxylation is 1. The fraction of sp³-hybridized carbons (Fsp3) is 0.353. The van der Waals surface area contributed by atoms with Crippen molar-refractivity contribution in [2.45, 2.75) is 6.92 Å². The van der Waals surface area contributed by atoms with Crippen molar-refractivity contribution < 1.29 is 4.74 Å². The number of nitrogens with zero attached hydrogens (tertiary/aromatic N) is 3. The number of rotatable bonds is 0. The minimum atomic E-state index is 0.676. The number of hydrogen-bond acceptors (Lipinski definition) is 5. The summed E-state index contributed by atoms with van der Waals surface area (Å²) in [6, 6.07) is 7.78. The number of halogens is 1. The standard InChI is InChI=1S/C17H18ClN3OS/c1-11-9-13-16(21-7-5-20(2)6-8-21)19-14-10-12(18)3-4-15(14)22-17(13)23-11/h3-4,9-10H,5-8H2,1-2H3. The van der Waals surface area contributed by atoms with E-state index in [9.17, 15) is 0 Å². The Morgan fingerprint density at radius 3 is 2.74 bits per heavy atom. The number of benzene rings is 1. The van der Waals surface area contributed by atoms with Crippen molar-refractivity contribution in [2.24, 2.45) is 4.99 Å². The summed E-state index contributed by atoms with van der Waals surface area (Å²) in [6.07, 6.45) is 0. The molecule has 0 bridgehead atoms. The monoisotopic (exact) mass is 347 g/mol. The summed E-state index contributed by atoms with van der Waals surface area (Å²) in [4.78, 5) is 10.8. The maximum absolute atomic E-state index is 6.15. The second-order valence-corrected chi connectivity index (χ2v) is 7.65. The van der Waals surface area contributed by atoms with E-state index in [2.05, 4.69) is 29.8 Å². The Morgan fingerprint density at radius 1 is 1.17 bits per heavy atom. The van der Waals surface area contributed by atoms with Crippen molar-refractivity contribution in [2.75, 3.05) is 33.2 Å². The summed E-state index contributed by atoms with van der Waals surface area (Å²) in [5.41, 5.74) is 1.89. The quantitative estimate of drug-likeness (QED) is 0.717. The van der Waals surface area contributed by atoms with Crippen LogP contribution >= 0.6 is 22.9 Å². The lowest BCUT2D eigenvalue weighted by molar-refractivity contribution is 0.216. The van der Waals surface area contributed by atoms with Crippen molar-refractivity contribution in [3.8, 4) is 10.8 Å². The first-order valence-corrected chi connectivity index (χ1v) is 8.90. The minimum Gasteiger partial charge on any atom is -0.444 e. The number of amidine groups is 1. The Bertz CT molecular complexity index is 778. The normalized spacial score (nSPS) is 17.9. The smallest absolute Gasteiger partial charge is 0.192 e. The van der Waals surface area contributed by atoms with Gasteiger partial charge in [0.15, 0.2) is 10.8 Å². The van der Waals surface area contributed by atoms with E-state index in [0.29, 0.717) is 5.02 Å². The molecule has 0 spiro atoms. The molecule has 0 atom stereocenters. The van der Waals surface area contributed by atoms with Gasteiger partial charge in [0.05, 0.1) is 5.56 Å². The predicted octanol–water partition coefficient (Wildman–Crippen LogP) is 4.14. The number of thiophene rings is 1. The van der Waals surface area contributed by atoms with Crippen LogP contribution in [0.4, 0.5) is 5.69 Å². The van der Waals surface area contributed by atoms with Gasteiger partial charge < -0.3 is 14.5 Å². The minimum absolute atomic E-state index is 0.676. The Balaban J connectivity index is 1.82. The number of likely N-dealkylation sites (N-methyl/N-ethyl adjacent to an activating group) is 1. The van der Waals surface area contributed by atoms with E-state index >= 15 is 0 Å². The average Bonchev–Trinajstić information content (AvgIpc) is 2.82. The molecule has 2 aliphatic rings. The highest BCUT2D eigenvalue weighted by Crippen LogP contribution is 2.43. The van der Waals surface area contributed by atoms with Crippen LogP contribution in [0.2, 0.25) is 5.02 Å². The zero-order valence-electron chi connectivity index (χ0n) is 13.2. The van der Waals surface area contributed by atoms with Crippen molar-refractivity contribution in [1.82, 2.24) is 9.80 Å². The zero-order chi connectivity index (χ0) is 16.0. The van der Waals surface area contributed by atoms with Gasteiger partial charge in [-0.15, -0.1) is 11.3 Å². The van der Waals surface area contributed by atoms with E-state index in [1.807, 2.05) is 18.2 Å². The SMILES string of the molecule is Cc1cc2c(s1)Oc1ccc(Cl)cc1N=C2N1CCN(C)CC1. The summed E-state index contributed by atoms with van der Waals surface area (Å²) in [6.45, 7) is 6.13. The number of hydrogen-bond donors (Lipinski definition) is 0. The Hall–Kier alpha value is -1.56. The molecular weight excluding hydrogens is 330 g/mol. The average molecular weight is 348 g/mol. The van der Waals surface area contributed by atoms with Crippen LogP contribution in [0.1, 0.15) is 10.4 Å². The summed E-state index contributed by atoms with van der Waals surface area (Å²) in [5.74, 6) is 1.76. The molecule has 0 saturated carbocycles. The van der Waals surface area contributed by atoms with Gasteiger partial charge in [-0.25, -0.2) is 4.99 Å². The molecule has 4 nitrogen and oxygen atoms in total. The van der Waals surface area contributed by atoms with Gasteiger partial charge in [-0.05, 0) is 38.2 Å². The summed E-state index contributed by atoms with van der Waals surface area (Å²) in [7, 11) is 2.16. The first kappa shape index (κ1) is 15.0. The van der Waals surface area contributed by atoms with Gasteiger partial charge in [-0.2, -0.15) is 0 Å². The van der Waals surface area contributed by atoms with E-state index in [1.165, 1.54) is 4.88 Å². The second-order valence-electron chi connectivity index (χ2n) is 6.00. The van der Waals surface area contributed by atoms with Crippen LogP contribution in [0.3, 0.4) is 0 Å². The number of aliphatic imine (C=N–C) groups is 1. The fourth-order valence-electron chi connectivity index (χ4n) is 2.92. The first-order chi connectivity index (χ1) is 11.1. The molecule has 0 unspecified atom stereocenters. The summed E-state index contributed by atoms with van der Waals surface area (Å²) < 4.78 is 6.13. The maximum Gasteiger partial charge on any atom is 0.192 e. The molecule has 2 aliphatic heterocycles. The van der Waals surface area contributed by atoms with E-state index in [4.69, 9.17) is 21.3 Å². The molecule has 4 rings (SSSR count). The summed E-state index contributed by atoms with van der Waals surface area (Å²) in [5, 5.41) is 1.59. The summed E-state index contributed by atoms with van der Waals surface area (Å²) >= 11 is 7.82. The van der Waals surface area contributed by atoms with Crippen LogP contribution in [0, 0.1) is 6.92 Å². The van der Waals surface area contributed by atoms with Gasteiger partial charge in [0.1, 0.15) is 11.5 Å². The van der Waals surface area contributed by atoms with Crippen molar-refractivity contribution in [3.63, 3.8) is 0 Å². The largest absolute Gasteiger partial charge is 0.444 e. The van der Waals surface area contributed by atoms with Gasteiger partial charge in [0, 0.05) is 36.1 Å². The second kappa shape index (κ2) is 5.82. The molecule has 1 aromatic carbocycles. The Morgan fingerprint density at radius 2 is 1.96 bits per heavy atom. The Labute approximate surface area is 145 Å². The van der Waals surface area contributed by atoms with E-state index < -0.39 is 0 Å². The van der Waals surface area contributed by atoms with Gasteiger partial charge in [-0.3, -0.25) is 0 Å². The highest BCUT2D eigenvalue weighted by Gasteiger charge is 2.26. The van der Waals surface area contributed by atoms with Crippen LogP contribution in [-0.2, 0) is 0 Å². The Kier molecular flexibility index (Phi) is 3.79. The fourth-order valence-corrected chi connectivity index (χ4v) is 3.95. The number of fused-ring (bicyclic) bond motifs is 2. The van der Waals surface area contributed by atoms with Gasteiger partial charge in [0.25, 0.3) is 0 Å². The molecule has 120 valence electrons. The zero-order valence-corrected chi connectivity index (χ0v) is 14.7. The van der Waals surface area contributed by atoms with E-state index in [0.717, 1.165) is 54.1 Å². The molecule has 0 aliphatic carbocycles. The molecule has 2 aromatic rings. The molecule has 0 N–H and O–H groups in total. The van der Waals surface area contributed by atoms with Gasteiger partial charge in [0.2, 0.25) is 0 Å². The van der Waals surface area contributed by atoms with Gasteiger partial charge in [-0.1, -0.05) is 11.6 Å². The molecule has 0 radical (unpaired) electrons. The van der Waals surface area contributed by atoms with E-state index in [1.54, 1.807) is 11.3 Å². The van der Waals surface area contributed by atoms with Crippen molar-refractivity contribution >= 4 is 34.5 Å². The van der Waals surface area contributed by atoms with Crippen molar-refractivity contribution in [3.05, 3.63) is 39.7 Å². The van der Waals surface area contributed by atoms with Crippen LogP contribution < -0.4 is 4.74 Å². The topological polar surface area (TPSA) is 28.1 Å². The third-order valence-corrected chi connectivity index (χ3v) is 5.38. The molecule has 23 heavy (non-hydrogen) atoms. The van der Waals surface area contributed by atoms with Crippen LogP contribution in [0.15, 0.2) is 29.3 Å². The highest BCUT2D eigenvalue weighted by atomic mass is 35.5. The van der Waals surface area contributed by atoms with Crippen molar-refractivity contribution in [1.29, 1.82) is 0 Å².